The summed E-state index contributed by atoms with van der Waals surface area (Å²) >= 11 is 0. The van der Waals surface area contributed by atoms with Gasteiger partial charge < -0.3 is 10.2 Å². The van der Waals surface area contributed by atoms with Gasteiger partial charge >= 0.3 is 0 Å². The fourth-order valence-electron chi connectivity index (χ4n) is 3.06. The molecular formula is C18H10O4. The monoisotopic (exact) mass is 290 g/mol. The molecule has 1 aliphatic rings. The number of allylic oxidation sites excluding steroid dienone is 2. The van der Waals surface area contributed by atoms with Gasteiger partial charge in [0.2, 0.25) is 23.1 Å². The molecule has 0 heterocycles. The van der Waals surface area contributed by atoms with Crippen molar-refractivity contribution in [3.63, 3.8) is 0 Å². The minimum atomic E-state index is -0.891. The van der Waals surface area contributed by atoms with Crippen LogP contribution in [0.4, 0.5) is 0 Å². The van der Waals surface area contributed by atoms with Crippen LogP contribution < -0.4 is 0 Å². The second kappa shape index (κ2) is 4.18. The summed E-state index contributed by atoms with van der Waals surface area (Å²) in [5.74, 6) is -3.24. The molecule has 4 rings (SSSR count). The first-order chi connectivity index (χ1) is 10.6. The summed E-state index contributed by atoms with van der Waals surface area (Å²) in [6, 6.07) is 14.4. The highest BCUT2D eigenvalue weighted by Gasteiger charge is 2.35. The molecule has 3 aromatic rings. The van der Waals surface area contributed by atoms with Gasteiger partial charge in [0.15, 0.2) is 0 Å². The zero-order chi connectivity index (χ0) is 15.4. The molecule has 0 saturated heterocycles. The lowest BCUT2D eigenvalue weighted by molar-refractivity contribution is 0.0883. The standard InChI is InChI=1S/C18H10O4/c19-15-13-11-7-3-1-5-9(11)10-6-2-4-8-12(10)14(13)16(20)18(22)17(15)21/h1-8,21-22H. The van der Waals surface area contributed by atoms with E-state index in [9.17, 15) is 19.8 Å². The fourth-order valence-corrected chi connectivity index (χ4v) is 3.06. The second-order valence-electron chi connectivity index (χ2n) is 5.20. The van der Waals surface area contributed by atoms with Gasteiger partial charge in [-0.1, -0.05) is 48.5 Å². The van der Waals surface area contributed by atoms with Gasteiger partial charge in [-0.05, 0) is 21.5 Å². The van der Waals surface area contributed by atoms with E-state index >= 15 is 0 Å². The van der Waals surface area contributed by atoms with Crippen molar-refractivity contribution >= 4 is 33.1 Å². The van der Waals surface area contributed by atoms with Crippen LogP contribution in [0, 0.1) is 0 Å². The van der Waals surface area contributed by atoms with Crippen LogP contribution >= 0.6 is 0 Å². The third-order valence-electron chi connectivity index (χ3n) is 4.04. The second-order valence-corrected chi connectivity index (χ2v) is 5.20. The first kappa shape index (κ1) is 12.6. The molecular weight excluding hydrogens is 280 g/mol. The summed E-state index contributed by atoms with van der Waals surface area (Å²) in [6.45, 7) is 0. The lowest BCUT2D eigenvalue weighted by Gasteiger charge is -2.19. The molecule has 0 amide bonds. The molecule has 4 nitrogen and oxygen atoms in total. The van der Waals surface area contributed by atoms with Gasteiger partial charge in [-0.2, -0.15) is 0 Å². The van der Waals surface area contributed by atoms with Crippen molar-refractivity contribution in [1.29, 1.82) is 0 Å². The number of benzene rings is 3. The van der Waals surface area contributed by atoms with Gasteiger partial charge in [0.05, 0.1) is 0 Å². The Bertz CT molecular complexity index is 945. The van der Waals surface area contributed by atoms with Gasteiger partial charge in [-0.15, -0.1) is 0 Å². The molecule has 22 heavy (non-hydrogen) atoms. The molecule has 0 spiro atoms. The van der Waals surface area contributed by atoms with Crippen molar-refractivity contribution < 1.29 is 19.8 Å². The smallest absolute Gasteiger partial charge is 0.232 e. The highest BCUT2D eigenvalue weighted by molar-refractivity contribution is 6.35. The molecule has 2 N–H and O–H groups in total. The number of Topliss-reactive ketones (excluding diaryl/α,β-unsaturated/α-hetero) is 2. The third-order valence-corrected chi connectivity index (χ3v) is 4.04. The van der Waals surface area contributed by atoms with Crippen LogP contribution in [0.3, 0.4) is 0 Å². The number of hydrogen-bond donors (Lipinski definition) is 2. The molecule has 0 aromatic heterocycles. The maximum absolute atomic E-state index is 12.4. The Hall–Kier alpha value is -3.14. The number of rotatable bonds is 0. The van der Waals surface area contributed by atoms with Crippen LogP contribution in [0.15, 0.2) is 60.0 Å². The maximum atomic E-state index is 12.4. The SMILES string of the molecule is O=C1C(O)=C(O)C(=O)c2c1c1ccccc1c1ccccc21. The predicted octanol–water partition coefficient (Wildman–Crippen LogP) is 3.70. The largest absolute Gasteiger partial charge is 0.501 e. The van der Waals surface area contributed by atoms with Crippen molar-refractivity contribution in [2.75, 3.05) is 0 Å². The first-order valence-corrected chi connectivity index (χ1v) is 6.76. The zero-order valence-electron chi connectivity index (χ0n) is 11.3. The van der Waals surface area contributed by atoms with E-state index in [2.05, 4.69) is 0 Å². The quantitative estimate of drug-likeness (QED) is 0.619. The van der Waals surface area contributed by atoms with E-state index in [4.69, 9.17) is 0 Å². The lowest BCUT2D eigenvalue weighted by Crippen LogP contribution is -2.22. The molecule has 4 heteroatoms. The van der Waals surface area contributed by atoms with E-state index in [1.54, 1.807) is 24.3 Å². The highest BCUT2D eigenvalue weighted by atomic mass is 16.3. The number of carbonyl (C=O) groups excluding carboxylic acids is 2. The van der Waals surface area contributed by atoms with Crippen molar-refractivity contribution in [2.24, 2.45) is 0 Å². The van der Waals surface area contributed by atoms with Gasteiger partial charge in [-0.25, -0.2) is 0 Å². The average molecular weight is 290 g/mol. The normalized spacial score (nSPS) is 14.7. The van der Waals surface area contributed by atoms with Crippen LogP contribution in [-0.4, -0.2) is 21.8 Å². The Balaban J connectivity index is 2.33. The van der Waals surface area contributed by atoms with Gasteiger partial charge in [0, 0.05) is 11.1 Å². The number of carbonyl (C=O) groups is 2. The van der Waals surface area contributed by atoms with Gasteiger partial charge in [0.1, 0.15) is 0 Å². The van der Waals surface area contributed by atoms with Crippen molar-refractivity contribution in [3.8, 4) is 0 Å². The summed E-state index contributed by atoms with van der Waals surface area (Å²) in [5, 5.41) is 22.3. The van der Waals surface area contributed by atoms with Crippen molar-refractivity contribution in [3.05, 3.63) is 71.2 Å². The topological polar surface area (TPSA) is 74.6 Å². The predicted molar refractivity (Wildman–Crippen MR) is 82.4 cm³/mol. The molecule has 0 fully saturated rings. The van der Waals surface area contributed by atoms with E-state index < -0.39 is 23.1 Å². The summed E-state index contributed by atoms with van der Waals surface area (Å²) in [4.78, 5) is 24.8. The Morgan fingerprint density at radius 1 is 0.545 bits per heavy atom. The molecule has 106 valence electrons. The number of aliphatic hydroxyl groups is 2. The van der Waals surface area contributed by atoms with Crippen LogP contribution in [0.2, 0.25) is 0 Å². The number of ketones is 2. The Morgan fingerprint density at radius 2 is 0.864 bits per heavy atom. The van der Waals surface area contributed by atoms with E-state index in [1.165, 1.54) is 0 Å². The highest BCUT2D eigenvalue weighted by Crippen LogP contribution is 2.37. The van der Waals surface area contributed by atoms with Gasteiger partial charge in [-0.3, -0.25) is 9.59 Å². The molecule has 0 bridgehead atoms. The number of hydrogen-bond acceptors (Lipinski definition) is 4. The summed E-state index contributed by atoms with van der Waals surface area (Å²) in [7, 11) is 0. The van der Waals surface area contributed by atoms with E-state index in [0.717, 1.165) is 10.8 Å². The molecule has 1 aliphatic carbocycles. The van der Waals surface area contributed by atoms with E-state index in [1.807, 2.05) is 24.3 Å². The fraction of sp³-hybridized carbons (Fsp3) is 0. The van der Waals surface area contributed by atoms with Crippen LogP contribution in [0.1, 0.15) is 20.7 Å². The maximum Gasteiger partial charge on any atom is 0.232 e. The molecule has 0 radical (unpaired) electrons. The molecule has 0 unspecified atom stereocenters. The molecule has 0 saturated carbocycles. The molecule has 0 atom stereocenters. The lowest BCUT2D eigenvalue weighted by atomic mass is 9.84. The average Bonchev–Trinajstić information content (AvgIpc) is 2.57. The number of fused-ring (bicyclic) bond motifs is 6. The molecule has 3 aromatic carbocycles. The Morgan fingerprint density at radius 3 is 1.23 bits per heavy atom. The summed E-state index contributed by atoms with van der Waals surface area (Å²) in [6.07, 6.45) is 0. The van der Waals surface area contributed by atoms with Crippen molar-refractivity contribution in [1.82, 2.24) is 0 Å². The third kappa shape index (κ3) is 1.41. The summed E-state index contributed by atoms with van der Waals surface area (Å²) < 4.78 is 0. The van der Waals surface area contributed by atoms with Crippen LogP contribution in [0.25, 0.3) is 21.5 Å². The first-order valence-electron chi connectivity index (χ1n) is 6.76. The minimum Gasteiger partial charge on any atom is -0.501 e. The Labute approximate surface area is 124 Å². The van der Waals surface area contributed by atoms with Crippen molar-refractivity contribution in [2.45, 2.75) is 0 Å². The minimum absolute atomic E-state index is 0.148. The molecule has 0 aliphatic heterocycles. The van der Waals surface area contributed by atoms with Gasteiger partial charge in [0.25, 0.3) is 0 Å². The zero-order valence-corrected chi connectivity index (χ0v) is 11.3. The number of aliphatic hydroxyl groups excluding tert-OH is 2. The van der Waals surface area contributed by atoms with E-state index in [0.29, 0.717) is 10.8 Å². The summed E-state index contributed by atoms with van der Waals surface area (Å²) in [5.41, 5.74) is 0.296. The van der Waals surface area contributed by atoms with E-state index in [-0.39, 0.29) is 11.1 Å². The van der Waals surface area contributed by atoms with Crippen LogP contribution in [-0.2, 0) is 0 Å². The van der Waals surface area contributed by atoms with Crippen LogP contribution in [0.5, 0.6) is 0 Å². The Kier molecular flexibility index (Phi) is 2.39.